The third-order valence-corrected chi connectivity index (χ3v) is 4.35. The normalized spacial score (nSPS) is 12.8. The summed E-state index contributed by atoms with van der Waals surface area (Å²) in [7, 11) is 0. The van der Waals surface area contributed by atoms with Gasteiger partial charge in [0, 0.05) is 0 Å². The molecule has 2 aliphatic rings. The highest BCUT2D eigenvalue weighted by molar-refractivity contribution is 5.63. The van der Waals surface area contributed by atoms with E-state index in [1.807, 2.05) is 0 Å². The van der Waals surface area contributed by atoms with Crippen LogP contribution in [0.25, 0.3) is 12.2 Å². The topological polar surface area (TPSA) is 0 Å². The molecule has 0 spiro atoms. The van der Waals surface area contributed by atoms with E-state index in [4.69, 9.17) is 0 Å². The van der Waals surface area contributed by atoms with Crippen molar-refractivity contribution < 1.29 is 0 Å². The molecule has 0 radical (unpaired) electrons. The Morgan fingerprint density at radius 1 is 0.450 bits per heavy atom. The Hall–Kier alpha value is -2.60. The number of hydrogen-bond donors (Lipinski definition) is 0. The zero-order chi connectivity index (χ0) is 13.1. The minimum absolute atomic E-state index is 1.33. The van der Waals surface area contributed by atoms with Crippen LogP contribution in [0.5, 0.6) is 0 Å². The summed E-state index contributed by atoms with van der Waals surface area (Å²) in [6, 6.07) is 21.9. The van der Waals surface area contributed by atoms with Crippen molar-refractivity contribution in [2.45, 2.75) is 0 Å². The molecule has 0 saturated carbocycles. The van der Waals surface area contributed by atoms with Crippen molar-refractivity contribution in [2.75, 3.05) is 0 Å². The Labute approximate surface area is 116 Å². The summed E-state index contributed by atoms with van der Waals surface area (Å²) in [5.74, 6) is 0. The van der Waals surface area contributed by atoms with E-state index >= 15 is 0 Å². The Morgan fingerprint density at radius 2 is 0.900 bits per heavy atom. The first-order chi connectivity index (χ1) is 9.90. The van der Waals surface area contributed by atoms with Crippen LogP contribution < -0.4 is 10.4 Å². The van der Waals surface area contributed by atoms with Gasteiger partial charge in [-0.2, -0.15) is 0 Å². The molecule has 0 aliphatic heterocycles. The van der Waals surface area contributed by atoms with E-state index in [1.165, 1.54) is 42.4 Å². The molecule has 0 unspecified atom stereocenters. The molecule has 0 fully saturated rings. The molecule has 0 heteroatoms. The molecule has 2 aliphatic carbocycles. The molecular weight excluding hydrogens is 240 g/mol. The molecule has 3 aromatic carbocycles. The zero-order valence-corrected chi connectivity index (χ0v) is 10.9. The van der Waals surface area contributed by atoms with Gasteiger partial charge in [0.15, 0.2) is 0 Å². The average Bonchev–Trinajstić information content (AvgIpc) is 3.02. The standard InChI is InChI=1S/C20H12/c1-3-7-17-13(5-1)9-15-11-20-16(12-19(15)17)10-14-6-2-4-8-18(14)20/h1-12H. The van der Waals surface area contributed by atoms with Gasteiger partial charge in [0.1, 0.15) is 0 Å². The summed E-state index contributed by atoms with van der Waals surface area (Å²) < 4.78 is 0. The fourth-order valence-corrected chi connectivity index (χ4v) is 3.41. The van der Waals surface area contributed by atoms with Crippen molar-refractivity contribution in [2.24, 2.45) is 0 Å². The van der Waals surface area contributed by atoms with Crippen molar-refractivity contribution in [1.82, 2.24) is 0 Å². The van der Waals surface area contributed by atoms with E-state index in [0.717, 1.165) is 0 Å². The predicted octanol–water partition coefficient (Wildman–Crippen LogP) is 2.54. The number of fused-ring (bicyclic) bond motifs is 4. The maximum Gasteiger partial charge on any atom is -0.00988 e. The molecule has 20 heavy (non-hydrogen) atoms. The smallest absolute Gasteiger partial charge is 0.00988 e. The molecule has 92 valence electrons. The zero-order valence-electron chi connectivity index (χ0n) is 10.9. The Kier molecular flexibility index (Phi) is 1.78. The second kappa shape index (κ2) is 3.49. The fraction of sp³-hybridized carbons (Fsp3) is 0. The number of rotatable bonds is 0. The third-order valence-electron chi connectivity index (χ3n) is 4.35. The van der Waals surface area contributed by atoms with Crippen LogP contribution >= 0.6 is 0 Å². The Morgan fingerprint density at radius 3 is 1.40 bits per heavy atom. The lowest BCUT2D eigenvalue weighted by atomic mass is 10.1. The van der Waals surface area contributed by atoms with Crippen LogP contribution in [-0.4, -0.2) is 0 Å². The summed E-state index contributed by atoms with van der Waals surface area (Å²) in [4.78, 5) is 0. The van der Waals surface area contributed by atoms with Crippen molar-refractivity contribution in [3.63, 3.8) is 0 Å². The van der Waals surface area contributed by atoms with E-state index in [1.54, 1.807) is 0 Å². The number of benzene rings is 3. The molecule has 3 aromatic rings. The van der Waals surface area contributed by atoms with Crippen LogP contribution in [0.2, 0.25) is 0 Å². The van der Waals surface area contributed by atoms with Gasteiger partial charge in [-0.15, -0.1) is 0 Å². The van der Waals surface area contributed by atoms with Crippen LogP contribution in [0.1, 0.15) is 11.1 Å². The molecule has 0 heterocycles. The maximum atomic E-state index is 2.34. The SMILES string of the molecule is C1=c2ccccc2=c2cc3c(cc21)=c1ccccc1=C3. The van der Waals surface area contributed by atoms with Gasteiger partial charge < -0.3 is 0 Å². The Bertz CT molecular complexity index is 1080. The van der Waals surface area contributed by atoms with E-state index in [0.29, 0.717) is 0 Å². The van der Waals surface area contributed by atoms with Crippen LogP contribution in [0.15, 0.2) is 60.7 Å². The molecule has 0 saturated heterocycles. The lowest BCUT2D eigenvalue weighted by Crippen LogP contribution is -1.97. The first kappa shape index (κ1) is 10.2. The molecule has 0 amide bonds. The third kappa shape index (κ3) is 1.21. The highest BCUT2D eigenvalue weighted by atomic mass is 14.1. The lowest BCUT2D eigenvalue weighted by molar-refractivity contribution is 1.43. The highest BCUT2D eigenvalue weighted by Gasteiger charge is 2.07. The van der Waals surface area contributed by atoms with E-state index in [-0.39, 0.29) is 0 Å². The summed E-state index contributed by atoms with van der Waals surface area (Å²) in [6.07, 6.45) is 4.60. The summed E-state index contributed by atoms with van der Waals surface area (Å²) >= 11 is 0. The molecule has 0 atom stereocenters. The summed E-state index contributed by atoms with van der Waals surface area (Å²) in [6.45, 7) is 0. The Balaban J connectivity index is 2.07. The minimum Gasteiger partial charge on any atom is -0.0616 e. The summed E-state index contributed by atoms with van der Waals surface area (Å²) in [5.41, 5.74) is 2.69. The van der Waals surface area contributed by atoms with Crippen LogP contribution in [0.3, 0.4) is 0 Å². The van der Waals surface area contributed by atoms with Crippen molar-refractivity contribution in [3.05, 3.63) is 103 Å². The first-order valence-corrected chi connectivity index (χ1v) is 6.96. The van der Waals surface area contributed by atoms with Gasteiger partial charge in [-0.1, -0.05) is 48.5 Å². The molecule has 5 rings (SSSR count). The number of hydrogen-bond acceptors (Lipinski definition) is 0. The fourth-order valence-electron chi connectivity index (χ4n) is 3.41. The average molecular weight is 252 g/mol. The van der Waals surface area contributed by atoms with Gasteiger partial charge >= 0.3 is 0 Å². The first-order valence-electron chi connectivity index (χ1n) is 6.96. The van der Waals surface area contributed by atoms with Gasteiger partial charge in [0.05, 0.1) is 0 Å². The second-order valence-corrected chi connectivity index (χ2v) is 5.49. The lowest BCUT2D eigenvalue weighted by Gasteiger charge is -1.96. The molecule has 0 aromatic heterocycles. The van der Waals surface area contributed by atoms with Gasteiger partial charge in [0.25, 0.3) is 0 Å². The monoisotopic (exact) mass is 252 g/mol. The van der Waals surface area contributed by atoms with Crippen LogP contribution in [0.4, 0.5) is 0 Å². The molecular formula is C20H12. The van der Waals surface area contributed by atoms with E-state index in [9.17, 15) is 0 Å². The van der Waals surface area contributed by atoms with Crippen molar-refractivity contribution in [3.8, 4) is 0 Å². The quantitative estimate of drug-likeness (QED) is 0.397. The summed E-state index contributed by atoms with van der Waals surface area (Å²) in [5, 5.41) is 8.11. The largest absolute Gasteiger partial charge is 0.0616 e. The molecule has 0 bridgehead atoms. The van der Waals surface area contributed by atoms with Crippen molar-refractivity contribution >= 4 is 12.2 Å². The maximum absolute atomic E-state index is 2.34. The second-order valence-electron chi connectivity index (χ2n) is 5.49. The van der Waals surface area contributed by atoms with Gasteiger partial charge in [-0.05, 0) is 66.7 Å². The van der Waals surface area contributed by atoms with Crippen LogP contribution in [0, 0.1) is 20.9 Å². The van der Waals surface area contributed by atoms with Gasteiger partial charge in [0.2, 0.25) is 0 Å². The van der Waals surface area contributed by atoms with Crippen LogP contribution in [-0.2, 0) is 0 Å². The van der Waals surface area contributed by atoms with Gasteiger partial charge in [-0.3, -0.25) is 0 Å². The molecule has 0 N–H and O–H groups in total. The highest BCUT2D eigenvalue weighted by Crippen LogP contribution is 2.17. The van der Waals surface area contributed by atoms with E-state index in [2.05, 4.69) is 72.8 Å². The minimum atomic E-state index is 1.33. The van der Waals surface area contributed by atoms with Gasteiger partial charge in [-0.25, -0.2) is 0 Å². The predicted molar refractivity (Wildman–Crippen MR) is 81.1 cm³/mol. The molecule has 0 nitrogen and oxygen atoms in total. The van der Waals surface area contributed by atoms with E-state index < -0.39 is 0 Å². The van der Waals surface area contributed by atoms with Crippen molar-refractivity contribution in [1.29, 1.82) is 0 Å².